The minimum absolute atomic E-state index is 0.123. The second-order valence-corrected chi connectivity index (χ2v) is 14.7. The van der Waals surface area contributed by atoms with Gasteiger partial charge < -0.3 is 19.1 Å². The Hall–Kier alpha value is -2.99. The van der Waals surface area contributed by atoms with Gasteiger partial charge in [-0.05, 0) is 98.9 Å². The van der Waals surface area contributed by atoms with Gasteiger partial charge in [0.25, 0.3) is 5.34 Å². The topological polar surface area (TPSA) is 46.5 Å². The van der Waals surface area contributed by atoms with Crippen LogP contribution in [0.25, 0.3) is 0 Å². The quantitative estimate of drug-likeness (QED) is 0.0790. The molecule has 0 radical (unpaired) electrons. The third-order valence-corrected chi connectivity index (χ3v) is 11.9. The van der Waals surface area contributed by atoms with E-state index in [4.69, 9.17) is 26.0 Å². The number of hydrogen-bond donors (Lipinski definition) is 0. The molecule has 0 aliphatic carbocycles. The summed E-state index contributed by atoms with van der Waals surface area (Å²) in [6.07, 6.45) is 4.39. The molecular formula is C36H51N3O3PS+. The molecule has 0 aliphatic rings. The lowest BCUT2D eigenvalue weighted by Crippen LogP contribution is -2.48. The molecule has 3 rings (SSSR count). The molecule has 44 heavy (non-hydrogen) atoms. The highest BCUT2D eigenvalue weighted by Crippen LogP contribution is 2.43. The molecule has 0 fully saturated rings. The zero-order valence-electron chi connectivity index (χ0n) is 27.8. The first-order valence-corrected chi connectivity index (χ1v) is 18.1. The van der Waals surface area contributed by atoms with Crippen molar-refractivity contribution in [3.8, 4) is 17.2 Å². The lowest BCUT2D eigenvalue weighted by Gasteiger charge is -2.38. The SMILES string of the molecule is CCN(CC)CCc1ccc(OC(C)(C)[P+](=S)N(C)N=Cc2ccc(OC(CC)(CC)C(C)Oc3ccccc3)cc2)cc1. The first-order chi connectivity index (χ1) is 21.1. The number of ether oxygens (including phenoxy) is 3. The fourth-order valence-electron chi connectivity index (χ4n) is 5.14. The van der Waals surface area contributed by atoms with Crippen LogP contribution in [-0.4, -0.2) is 59.6 Å². The third-order valence-electron chi connectivity index (χ3n) is 8.19. The molecule has 8 heteroatoms. The highest BCUT2D eigenvalue weighted by Gasteiger charge is 2.41. The molecule has 2 unspecified atom stereocenters. The summed E-state index contributed by atoms with van der Waals surface area (Å²) in [5, 5.41) is 4.10. The number of benzene rings is 3. The summed E-state index contributed by atoms with van der Waals surface area (Å²) in [5.74, 6) is 2.48. The Kier molecular flexibility index (Phi) is 13.6. The van der Waals surface area contributed by atoms with Crippen LogP contribution < -0.4 is 14.2 Å². The van der Waals surface area contributed by atoms with Crippen LogP contribution in [0.5, 0.6) is 17.2 Å². The van der Waals surface area contributed by atoms with Gasteiger partial charge in [-0.25, -0.2) is 0 Å². The van der Waals surface area contributed by atoms with Gasteiger partial charge in [0, 0.05) is 20.4 Å². The molecule has 238 valence electrons. The van der Waals surface area contributed by atoms with E-state index in [0.29, 0.717) is 0 Å². The van der Waals surface area contributed by atoms with E-state index in [-0.39, 0.29) is 6.10 Å². The maximum Gasteiger partial charge on any atom is 0.358 e. The summed E-state index contributed by atoms with van der Waals surface area (Å²) in [4.78, 5) is 2.43. The third kappa shape index (κ3) is 10.0. The van der Waals surface area contributed by atoms with E-state index in [9.17, 15) is 0 Å². The molecule has 6 nitrogen and oxygen atoms in total. The Morgan fingerprint density at radius 2 is 1.39 bits per heavy atom. The molecule has 2 atom stereocenters. The molecule has 0 amide bonds. The molecule has 0 heterocycles. The van der Waals surface area contributed by atoms with Crippen LogP contribution in [0.4, 0.5) is 0 Å². The van der Waals surface area contributed by atoms with Crippen LogP contribution >= 0.6 is 6.85 Å². The Labute approximate surface area is 271 Å². The molecule has 0 N–H and O–H groups in total. The summed E-state index contributed by atoms with van der Waals surface area (Å²) < 4.78 is 21.1. The Balaban J connectivity index is 1.58. The zero-order valence-corrected chi connectivity index (χ0v) is 29.5. The van der Waals surface area contributed by atoms with E-state index < -0.39 is 17.8 Å². The summed E-state index contributed by atoms with van der Waals surface area (Å²) in [6, 6.07) is 26.3. The number of para-hydroxylation sites is 1. The summed E-state index contributed by atoms with van der Waals surface area (Å²) in [7, 11) is 1.92. The maximum atomic E-state index is 6.58. The highest BCUT2D eigenvalue weighted by molar-refractivity contribution is 8.04. The molecule has 0 saturated heterocycles. The summed E-state index contributed by atoms with van der Waals surface area (Å²) in [5.41, 5.74) is 1.83. The van der Waals surface area contributed by atoms with Gasteiger partial charge in [-0.15, -0.1) is 9.88 Å². The molecule has 0 aromatic heterocycles. The van der Waals surface area contributed by atoms with Crippen LogP contribution in [0.2, 0.25) is 0 Å². The Bertz CT molecular complexity index is 1310. The molecule has 0 saturated carbocycles. The van der Waals surface area contributed by atoms with E-state index in [2.05, 4.69) is 56.8 Å². The summed E-state index contributed by atoms with van der Waals surface area (Å²) in [6.45, 7) is 16.9. The fourth-order valence-corrected chi connectivity index (χ4v) is 6.41. The number of likely N-dealkylation sites (N-methyl/N-ethyl adjacent to an activating group) is 1. The van der Waals surface area contributed by atoms with Gasteiger partial charge in [0.15, 0.2) is 11.8 Å². The van der Waals surface area contributed by atoms with Crippen molar-refractivity contribution in [2.45, 2.75) is 84.8 Å². The first kappa shape index (κ1) is 35.5. The first-order valence-electron chi connectivity index (χ1n) is 15.8. The van der Waals surface area contributed by atoms with E-state index in [1.807, 2.05) is 98.6 Å². The van der Waals surface area contributed by atoms with Gasteiger partial charge in [-0.2, -0.15) is 0 Å². The number of hydrogen-bond acceptors (Lipinski definition) is 6. The highest BCUT2D eigenvalue weighted by atomic mass is 32.4. The molecule has 0 bridgehead atoms. The van der Waals surface area contributed by atoms with E-state index in [0.717, 1.165) is 61.7 Å². The van der Waals surface area contributed by atoms with Crippen LogP contribution in [-0.2, 0) is 18.2 Å². The smallest absolute Gasteiger partial charge is 0.358 e. The second kappa shape index (κ2) is 16.9. The molecular weight excluding hydrogens is 585 g/mol. The number of nitrogens with zero attached hydrogens (tertiary/aromatic N) is 3. The Morgan fingerprint density at radius 3 is 1.95 bits per heavy atom. The van der Waals surface area contributed by atoms with Crippen LogP contribution in [0.1, 0.15) is 72.4 Å². The predicted molar refractivity (Wildman–Crippen MR) is 189 cm³/mol. The molecule has 3 aromatic rings. The van der Waals surface area contributed by atoms with Gasteiger partial charge >= 0.3 is 6.85 Å². The summed E-state index contributed by atoms with van der Waals surface area (Å²) >= 11 is 5.93. The van der Waals surface area contributed by atoms with Crippen molar-refractivity contribution < 1.29 is 14.2 Å². The van der Waals surface area contributed by atoms with Crippen molar-refractivity contribution >= 4 is 24.9 Å². The van der Waals surface area contributed by atoms with E-state index >= 15 is 0 Å². The maximum absolute atomic E-state index is 6.58. The fraction of sp³-hybridized carbons (Fsp3) is 0.472. The van der Waals surface area contributed by atoms with Crippen LogP contribution in [0, 0.1) is 0 Å². The number of hydrazone groups is 1. The predicted octanol–water partition coefficient (Wildman–Crippen LogP) is 8.92. The Morgan fingerprint density at radius 1 is 0.818 bits per heavy atom. The van der Waals surface area contributed by atoms with Gasteiger partial charge in [0.1, 0.15) is 29.0 Å². The van der Waals surface area contributed by atoms with Crippen molar-refractivity contribution in [1.29, 1.82) is 0 Å². The minimum atomic E-state index is -1.14. The monoisotopic (exact) mass is 636 g/mol. The van der Waals surface area contributed by atoms with Gasteiger partial charge in [0.2, 0.25) is 0 Å². The van der Waals surface area contributed by atoms with Crippen molar-refractivity contribution in [3.05, 3.63) is 90.0 Å². The van der Waals surface area contributed by atoms with Crippen molar-refractivity contribution in [2.24, 2.45) is 5.10 Å². The molecule has 3 aromatic carbocycles. The average Bonchev–Trinajstić information content (AvgIpc) is 3.04. The van der Waals surface area contributed by atoms with Gasteiger partial charge in [-0.1, -0.05) is 58.0 Å². The lowest BCUT2D eigenvalue weighted by atomic mass is 9.91. The van der Waals surface area contributed by atoms with Gasteiger partial charge in [0.05, 0.1) is 13.3 Å². The largest absolute Gasteiger partial charge is 0.487 e. The van der Waals surface area contributed by atoms with Crippen molar-refractivity contribution in [3.63, 3.8) is 0 Å². The molecule has 0 aliphatic heterocycles. The molecule has 0 spiro atoms. The second-order valence-electron chi connectivity index (χ2n) is 11.5. The average molecular weight is 637 g/mol. The normalized spacial score (nSPS) is 13.2. The standard InChI is InChI=1S/C36H51N3O3PS/c1-9-36(10-2,29(5)40-32-16-14-13-15-17-32)42-34-24-20-31(21-25-34)28-37-38(8)43(44)35(6,7)41-33-22-18-30(19-23-33)26-27-39(11-3)12-4/h13-25,28-29H,9-12,26-27H2,1-8H3/q+1. The van der Waals surface area contributed by atoms with Gasteiger partial charge in [-0.3, -0.25) is 0 Å². The number of rotatable bonds is 18. The zero-order chi connectivity index (χ0) is 32.2. The van der Waals surface area contributed by atoms with Crippen LogP contribution in [0.15, 0.2) is 84.0 Å². The van der Waals surface area contributed by atoms with E-state index in [1.165, 1.54) is 5.56 Å². The van der Waals surface area contributed by atoms with Crippen molar-refractivity contribution in [2.75, 3.05) is 26.7 Å². The minimum Gasteiger partial charge on any atom is -0.487 e. The van der Waals surface area contributed by atoms with Crippen molar-refractivity contribution in [1.82, 2.24) is 9.68 Å². The van der Waals surface area contributed by atoms with Crippen LogP contribution in [0.3, 0.4) is 0 Å². The lowest BCUT2D eigenvalue weighted by molar-refractivity contribution is -0.0377. The van der Waals surface area contributed by atoms with E-state index in [1.54, 1.807) is 0 Å².